The number of ether oxygens (including phenoxy) is 1. The number of aryl methyl sites for hydroxylation is 1. The standard InChI is InChI=1S/C15H21NO/c1-12-4-2-3-5-13(12)14-10-16-11-15(14)6-8-17-9-7-15/h2-5,14,16H,6-11H2,1H3. The van der Waals surface area contributed by atoms with Gasteiger partial charge in [-0.3, -0.25) is 0 Å². The highest BCUT2D eigenvalue weighted by molar-refractivity contribution is 5.32. The predicted molar refractivity (Wildman–Crippen MR) is 69.3 cm³/mol. The first-order valence-electron chi connectivity index (χ1n) is 6.66. The first-order valence-corrected chi connectivity index (χ1v) is 6.66. The molecule has 1 aromatic rings. The molecule has 1 spiro atoms. The van der Waals surface area contributed by atoms with Crippen LogP contribution in [0.25, 0.3) is 0 Å². The van der Waals surface area contributed by atoms with Crippen molar-refractivity contribution < 1.29 is 4.74 Å². The van der Waals surface area contributed by atoms with E-state index in [2.05, 4.69) is 36.5 Å². The summed E-state index contributed by atoms with van der Waals surface area (Å²) < 4.78 is 5.54. The maximum absolute atomic E-state index is 5.54. The van der Waals surface area contributed by atoms with Gasteiger partial charge in [0.1, 0.15) is 0 Å². The van der Waals surface area contributed by atoms with Crippen LogP contribution in [0.1, 0.15) is 29.9 Å². The normalized spacial score (nSPS) is 27.5. The van der Waals surface area contributed by atoms with Crippen molar-refractivity contribution in [3.63, 3.8) is 0 Å². The van der Waals surface area contributed by atoms with Gasteiger partial charge in [0.15, 0.2) is 0 Å². The fourth-order valence-corrected chi connectivity index (χ4v) is 3.53. The van der Waals surface area contributed by atoms with Crippen molar-refractivity contribution in [1.29, 1.82) is 0 Å². The molecule has 3 rings (SSSR count). The lowest BCUT2D eigenvalue weighted by atomic mass is 9.69. The molecule has 1 atom stereocenters. The summed E-state index contributed by atoms with van der Waals surface area (Å²) in [5.41, 5.74) is 3.43. The van der Waals surface area contributed by atoms with Crippen LogP contribution in [-0.4, -0.2) is 26.3 Å². The van der Waals surface area contributed by atoms with Gasteiger partial charge in [-0.2, -0.15) is 0 Å². The second kappa shape index (κ2) is 4.43. The maximum atomic E-state index is 5.54. The van der Waals surface area contributed by atoms with E-state index in [9.17, 15) is 0 Å². The van der Waals surface area contributed by atoms with Gasteiger partial charge in [-0.25, -0.2) is 0 Å². The van der Waals surface area contributed by atoms with Crippen molar-refractivity contribution in [3.05, 3.63) is 35.4 Å². The van der Waals surface area contributed by atoms with Crippen LogP contribution in [0.2, 0.25) is 0 Å². The van der Waals surface area contributed by atoms with E-state index in [1.54, 1.807) is 5.56 Å². The van der Waals surface area contributed by atoms with Crippen LogP contribution in [0.4, 0.5) is 0 Å². The molecule has 2 saturated heterocycles. The monoisotopic (exact) mass is 231 g/mol. The Morgan fingerprint density at radius 2 is 2.00 bits per heavy atom. The molecule has 0 aromatic heterocycles. The molecule has 92 valence electrons. The molecule has 0 bridgehead atoms. The van der Waals surface area contributed by atoms with Gasteiger partial charge >= 0.3 is 0 Å². The topological polar surface area (TPSA) is 21.3 Å². The van der Waals surface area contributed by atoms with Crippen LogP contribution < -0.4 is 5.32 Å². The second-order valence-corrected chi connectivity index (χ2v) is 5.51. The van der Waals surface area contributed by atoms with E-state index in [1.807, 2.05) is 0 Å². The van der Waals surface area contributed by atoms with Crippen molar-refractivity contribution in [2.24, 2.45) is 5.41 Å². The average molecular weight is 231 g/mol. The second-order valence-electron chi connectivity index (χ2n) is 5.51. The Bertz CT molecular complexity index is 396. The third kappa shape index (κ3) is 1.90. The lowest BCUT2D eigenvalue weighted by Gasteiger charge is -2.38. The number of benzene rings is 1. The van der Waals surface area contributed by atoms with Crippen LogP contribution >= 0.6 is 0 Å². The molecule has 1 unspecified atom stereocenters. The summed E-state index contributed by atoms with van der Waals surface area (Å²) in [6.45, 7) is 6.40. The van der Waals surface area contributed by atoms with E-state index in [1.165, 1.54) is 18.4 Å². The van der Waals surface area contributed by atoms with Gasteiger partial charge in [-0.1, -0.05) is 24.3 Å². The molecule has 2 aliphatic heterocycles. The molecule has 17 heavy (non-hydrogen) atoms. The molecule has 2 aliphatic rings. The van der Waals surface area contributed by atoms with E-state index in [-0.39, 0.29) is 0 Å². The van der Waals surface area contributed by atoms with Crippen molar-refractivity contribution in [2.45, 2.75) is 25.7 Å². The van der Waals surface area contributed by atoms with Gasteiger partial charge in [0, 0.05) is 32.2 Å². The first-order chi connectivity index (χ1) is 8.32. The zero-order chi connectivity index (χ0) is 11.7. The Balaban J connectivity index is 1.94. The zero-order valence-electron chi connectivity index (χ0n) is 10.5. The number of nitrogens with one attached hydrogen (secondary N) is 1. The summed E-state index contributed by atoms with van der Waals surface area (Å²) >= 11 is 0. The highest BCUT2D eigenvalue weighted by atomic mass is 16.5. The SMILES string of the molecule is Cc1ccccc1C1CNCC12CCOCC2. The molecule has 0 amide bonds. The Hall–Kier alpha value is -0.860. The van der Waals surface area contributed by atoms with Gasteiger partial charge in [0.25, 0.3) is 0 Å². The van der Waals surface area contributed by atoms with Crippen LogP contribution in [-0.2, 0) is 4.74 Å². The predicted octanol–water partition coefficient (Wildman–Crippen LogP) is 2.48. The molecule has 2 fully saturated rings. The van der Waals surface area contributed by atoms with Gasteiger partial charge in [0.05, 0.1) is 0 Å². The van der Waals surface area contributed by atoms with Gasteiger partial charge in [-0.15, -0.1) is 0 Å². The molecule has 2 heteroatoms. The van der Waals surface area contributed by atoms with Gasteiger partial charge in [0.2, 0.25) is 0 Å². The molecular weight excluding hydrogens is 210 g/mol. The van der Waals surface area contributed by atoms with Crippen molar-refractivity contribution in [3.8, 4) is 0 Å². The number of hydrogen-bond donors (Lipinski definition) is 1. The van der Waals surface area contributed by atoms with Crippen molar-refractivity contribution >= 4 is 0 Å². The molecule has 0 radical (unpaired) electrons. The minimum absolute atomic E-state index is 0.449. The third-order valence-corrected chi connectivity index (χ3v) is 4.62. The minimum atomic E-state index is 0.449. The van der Waals surface area contributed by atoms with E-state index in [0.717, 1.165) is 26.3 Å². The average Bonchev–Trinajstić information content (AvgIpc) is 2.74. The molecular formula is C15H21NO. The fraction of sp³-hybridized carbons (Fsp3) is 0.600. The molecule has 2 nitrogen and oxygen atoms in total. The lowest BCUT2D eigenvalue weighted by Crippen LogP contribution is -2.35. The first kappa shape index (κ1) is 11.2. The van der Waals surface area contributed by atoms with Crippen LogP contribution in [0.15, 0.2) is 24.3 Å². The Kier molecular flexibility index (Phi) is 2.93. The lowest BCUT2D eigenvalue weighted by molar-refractivity contribution is 0.0164. The summed E-state index contributed by atoms with van der Waals surface area (Å²) in [7, 11) is 0. The summed E-state index contributed by atoms with van der Waals surface area (Å²) in [6.07, 6.45) is 2.41. The minimum Gasteiger partial charge on any atom is -0.381 e. The maximum Gasteiger partial charge on any atom is 0.0472 e. The summed E-state index contributed by atoms with van der Waals surface area (Å²) in [5.74, 6) is 0.674. The van der Waals surface area contributed by atoms with E-state index in [4.69, 9.17) is 4.74 Å². The van der Waals surface area contributed by atoms with E-state index >= 15 is 0 Å². The van der Waals surface area contributed by atoms with E-state index < -0.39 is 0 Å². The van der Waals surface area contributed by atoms with Crippen LogP contribution in [0.3, 0.4) is 0 Å². The Morgan fingerprint density at radius 1 is 1.24 bits per heavy atom. The quantitative estimate of drug-likeness (QED) is 0.801. The molecule has 1 aromatic carbocycles. The highest BCUT2D eigenvalue weighted by Gasteiger charge is 2.44. The molecule has 1 N–H and O–H groups in total. The van der Waals surface area contributed by atoms with E-state index in [0.29, 0.717) is 11.3 Å². The van der Waals surface area contributed by atoms with Crippen molar-refractivity contribution in [2.75, 3.05) is 26.3 Å². The zero-order valence-corrected chi connectivity index (χ0v) is 10.5. The molecule has 0 saturated carbocycles. The number of rotatable bonds is 1. The fourth-order valence-electron chi connectivity index (χ4n) is 3.53. The van der Waals surface area contributed by atoms with Crippen LogP contribution in [0.5, 0.6) is 0 Å². The highest BCUT2D eigenvalue weighted by Crippen LogP contribution is 2.47. The number of hydrogen-bond acceptors (Lipinski definition) is 2. The summed E-state index contributed by atoms with van der Waals surface area (Å²) in [5, 5.41) is 3.60. The summed E-state index contributed by atoms with van der Waals surface area (Å²) in [6, 6.07) is 8.86. The van der Waals surface area contributed by atoms with Gasteiger partial charge in [-0.05, 0) is 36.3 Å². The van der Waals surface area contributed by atoms with Crippen LogP contribution in [0, 0.1) is 12.3 Å². The molecule has 2 heterocycles. The largest absolute Gasteiger partial charge is 0.381 e. The molecule has 0 aliphatic carbocycles. The Morgan fingerprint density at radius 3 is 2.76 bits per heavy atom. The third-order valence-electron chi connectivity index (χ3n) is 4.62. The summed E-state index contributed by atoms with van der Waals surface area (Å²) in [4.78, 5) is 0. The van der Waals surface area contributed by atoms with Gasteiger partial charge < -0.3 is 10.1 Å². The van der Waals surface area contributed by atoms with Crippen molar-refractivity contribution in [1.82, 2.24) is 5.32 Å². The smallest absolute Gasteiger partial charge is 0.0472 e. The Labute approximate surface area is 103 Å².